The average Bonchev–Trinajstić information content (AvgIpc) is 0. The summed E-state index contributed by atoms with van der Waals surface area (Å²) in [6, 6.07) is 0. The van der Waals surface area contributed by atoms with Gasteiger partial charge in [-0.2, -0.15) is 0 Å². The first-order chi connectivity index (χ1) is 0. The van der Waals surface area contributed by atoms with Gasteiger partial charge in [0.25, 0.3) is 0 Å². The van der Waals surface area contributed by atoms with Crippen molar-refractivity contribution in [1.82, 2.24) is 0 Å². The fraction of sp³-hybridized carbons (Fsp3) is 0. The van der Waals surface area contributed by atoms with Crippen molar-refractivity contribution in [3.63, 3.8) is 0 Å². The fourth-order valence-corrected chi connectivity index (χ4v) is 0. The molecule has 0 amide bonds. The number of hydrogen-bond donors (Lipinski definition) is 0. The molecule has 0 rings (SSSR count). The Bertz CT molecular complexity index is 8.00. The fourth-order valence-electron chi connectivity index (χ4n) is 0. The average molecular weight is 146 g/mol. The Hall–Kier alpha value is 1.64. The summed E-state index contributed by atoms with van der Waals surface area (Å²) in [4.78, 5) is 0. The van der Waals surface area contributed by atoms with Gasteiger partial charge in [0.2, 0.25) is 0 Å². The molecule has 0 saturated heterocycles. The molecule has 1 nitrogen and oxygen atoms in total. The summed E-state index contributed by atoms with van der Waals surface area (Å²) in [5, 5.41) is 0. The van der Waals surface area contributed by atoms with E-state index < -0.39 is 0 Å². The zero-order valence-corrected chi connectivity index (χ0v) is 5.40. The van der Waals surface area contributed by atoms with Gasteiger partial charge in [0.15, 0.2) is 0 Å². The molecule has 4 heteroatoms. The van der Waals surface area contributed by atoms with Gasteiger partial charge in [-0.05, 0) is 0 Å². The molecule has 22 valence electrons. The third-order valence-electron chi connectivity index (χ3n) is 0. The maximum atomic E-state index is 0. The van der Waals surface area contributed by atoms with Crippen molar-refractivity contribution in [1.29, 1.82) is 0 Å². The summed E-state index contributed by atoms with van der Waals surface area (Å²) >= 11 is 0. The van der Waals surface area contributed by atoms with E-state index in [1.54, 1.807) is 0 Å². The van der Waals surface area contributed by atoms with E-state index in [4.69, 9.17) is 0 Å². The topological polar surface area (TPSA) is 31.5 Å². The van der Waals surface area contributed by atoms with Crippen LogP contribution in [0.25, 0.3) is 0 Å². The summed E-state index contributed by atoms with van der Waals surface area (Å²) in [6.45, 7) is 0. The molecule has 0 heterocycles. The van der Waals surface area contributed by atoms with Crippen LogP contribution < -0.4 is 0 Å². The number of halogens is 1. The van der Waals surface area contributed by atoms with Crippen LogP contribution in [-0.2, 0) is 19.5 Å². The van der Waals surface area contributed by atoms with Crippen molar-refractivity contribution in [3.05, 3.63) is 0 Å². The van der Waals surface area contributed by atoms with E-state index >= 15 is 0 Å². The smallest absolute Gasteiger partial charge is 0.316 e. The van der Waals surface area contributed by atoms with E-state index in [9.17, 15) is 0 Å². The van der Waals surface area contributed by atoms with Crippen LogP contribution in [0.2, 0.25) is 0 Å². The first-order valence-electron chi connectivity index (χ1n) is 0. The molecule has 0 aliphatic rings. The Morgan fingerprint density at radius 1 is 1.00 bits per heavy atom. The van der Waals surface area contributed by atoms with Crippen LogP contribution in [0.1, 0.15) is 0 Å². The first-order valence-corrected chi connectivity index (χ1v) is 0. The van der Waals surface area contributed by atoms with E-state index in [0.29, 0.717) is 0 Å². The van der Waals surface area contributed by atoms with E-state index in [0.717, 1.165) is 0 Å². The summed E-state index contributed by atoms with van der Waals surface area (Å²) < 4.78 is 0. The van der Waals surface area contributed by atoms with E-state index in [1.165, 1.54) is 0 Å². The molecule has 0 aliphatic carbocycles. The second kappa shape index (κ2) is 22.9. The SMILES string of the molecule is Cl.O.[MgH2].[Zn]. The quantitative estimate of drug-likeness (QED) is 0.380. The zero-order chi connectivity index (χ0) is 0. The molecule has 4 heavy (non-hydrogen) atoms. The van der Waals surface area contributed by atoms with Crippen molar-refractivity contribution in [3.8, 4) is 0 Å². The van der Waals surface area contributed by atoms with Crippen LogP contribution in [0.15, 0.2) is 0 Å². The van der Waals surface area contributed by atoms with Crippen LogP contribution in [0.3, 0.4) is 0 Å². The Morgan fingerprint density at radius 3 is 1.00 bits per heavy atom. The van der Waals surface area contributed by atoms with E-state index in [2.05, 4.69) is 0 Å². The summed E-state index contributed by atoms with van der Waals surface area (Å²) in [6.07, 6.45) is 0. The minimum absolute atomic E-state index is 0. The van der Waals surface area contributed by atoms with Gasteiger partial charge in [-0.25, -0.2) is 0 Å². The minimum atomic E-state index is 0. The molecule has 0 aromatic heterocycles. The molecular weight excluding hydrogens is 141 g/mol. The van der Waals surface area contributed by atoms with Gasteiger partial charge in [0.1, 0.15) is 0 Å². The van der Waals surface area contributed by atoms with Crippen molar-refractivity contribution in [2.75, 3.05) is 0 Å². The van der Waals surface area contributed by atoms with E-state index in [-0.39, 0.29) is 60.4 Å². The van der Waals surface area contributed by atoms with Gasteiger partial charge >= 0.3 is 23.1 Å². The molecule has 0 aromatic carbocycles. The molecular formula is H5ClMgOZn. The van der Waals surface area contributed by atoms with Gasteiger partial charge in [-0.3, -0.25) is 0 Å². The second-order valence-corrected chi connectivity index (χ2v) is 0. The van der Waals surface area contributed by atoms with Crippen molar-refractivity contribution in [2.24, 2.45) is 0 Å². The summed E-state index contributed by atoms with van der Waals surface area (Å²) in [7, 11) is 0. The van der Waals surface area contributed by atoms with Crippen LogP contribution in [0.5, 0.6) is 0 Å². The van der Waals surface area contributed by atoms with Gasteiger partial charge in [-0.1, -0.05) is 0 Å². The van der Waals surface area contributed by atoms with Gasteiger partial charge < -0.3 is 5.48 Å². The Labute approximate surface area is 60.2 Å². The molecule has 0 spiro atoms. The normalized spacial score (nSPS) is 0. The third kappa shape index (κ3) is 9.43. The largest absolute Gasteiger partial charge is 0.412 e. The van der Waals surface area contributed by atoms with Crippen LogP contribution >= 0.6 is 12.4 Å². The molecule has 0 radical (unpaired) electrons. The van der Waals surface area contributed by atoms with Gasteiger partial charge in [0, 0.05) is 19.5 Å². The maximum absolute atomic E-state index is 0. The Kier molecular flexibility index (Phi) is 258. The van der Waals surface area contributed by atoms with Crippen LogP contribution in [-0.4, -0.2) is 28.5 Å². The Balaban J connectivity index is 0. The number of rotatable bonds is 0. The predicted octanol–water partition coefficient (Wildman–Crippen LogP) is -1.32. The molecule has 2 N–H and O–H groups in total. The Morgan fingerprint density at radius 2 is 1.00 bits per heavy atom. The summed E-state index contributed by atoms with van der Waals surface area (Å²) in [5.41, 5.74) is 0. The first kappa shape index (κ1) is 45.2. The number of hydrogen-bond acceptors (Lipinski definition) is 0. The molecule has 0 aromatic rings. The van der Waals surface area contributed by atoms with Crippen molar-refractivity contribution in [2.45, 2.75) is 0 Å². The van der Waals surface area contributed by atoms with E-state index in [1.807, 2.05) is 0 Å². The predicted molar refractivity (Wildman–Crippen MR) is 19.4 cm³/mol. The molecule has 0 atom stereocenters. The van der Waals surface area contributed by atoms with Gasteiger partial charge in [-0.15, -0.1) is 12.4 Å². The van der Waals surface area contributed by atoms with Crippen molar-refractivity contribution < 1.29 is 25.0 Å². The molecule has 0 saturated carbocycles. The monoisotopic (exact) mass is 144 g/mol. The van der Waals surface area contributed by atoms with Crippen molar-refractivity contribution >= 4 is 35.5 Å². The minimum Gasteiger partial charge on any atom is -0.412 e. The molecule has 0 aliphatic heterocycles. The van der Waals surface area contributed by atoms with Gasteiger partial charge in [0.05, 0.1) is 0 Å². The zero-order valence-electron chi connectivity index (χ0n) is 1.62. The van der Waals surface area contributed by atoms with Crippen LogP contribution in [0.4, 0.5) is 0 Å². The summed E-state index contributed by atoms with van der Waals surface area (Å²) in [5.74, 6) is 0. The van der Waals surface area contributed by atoms with Crippen LogP contribution in [0, 0.1) is 0 Å². The third-order valence-corrected chi connectivity index (χ3v) is 0. The maximum Gasteiger partial charge on any atom is 0.316 e. The molecule has 0 unspecified atom stereocenters. The standard InChI is InChI=1S/ClH.Mg.H2O.Zn.2H/h1H;;1H2;;;. The second-order valence-electron chi connectivity index (χ2n) is 0. The molecule has 0 fully saturated rings. The molecule has 0 bridgehead atoms.